The van der Waals surface area contributed by atoms with Crippen LogP contribution in [0, 0.1) is 11.3 Å². The summed E-state index contributed by atoms with van der Waals surface area (Å²) >= 11 is 0. The molecule has 2 rings (SSSR count). The summed E-state index contributed by atoms with van der Waals surface area (Å²) in [7, 11) is 1.52. The number of nitrogens with zero attached hydrogens (tertiary/aromatic N) is 1. The molecule has 5 nitrogen and oxygen atoms in total. The minimum atomic E-state index is -0.474. The van der Waals surface area contributed by atoms with Gasteiger partial charge in [-0.15, -0.1) is 0 Å². The predicted octanol–water partition coefficient (Wildman–Crippen LogP) is 2.24. The van der Waals surface area contributed by atoms with Crippen molar-refractivity contribution in [1.29, 1.82) is 5.26 Å². The highest BCUT2D eigenvalue weighted by molar-refractivity contribution is 5.92. The van der Waals surface area contributed by atoms with Crippen molar-refractivity contribution in [3.63, 3.8) is 0 Å². The summed E-state index contributed by atoms with van der Waals surface area (Å²) in [5, 5.41) is 8.92. The molecule has 0 aliphatic heterocycles. The van der Waals surface area contributed by atoms with E-state index < -0.39 is 5.91 Å². The van der Waals surface area contributed by atoms with E-state index in [0.29, 0.717) is 29.2 Å². The van der Waals surface area contributed by atoms with Gasteiger partial charge >= 0.3 is 0 Å². The topological polar surface area (TPSA) is 85.3 Å². The second-order valence-electron chi connectivity index (χ2n) is 4.32. The summed E-state index contributed by atoms with van der Waals surface area (Å²) < 4.78 is 10.8. The van der Waals surface area contributed by atoms with Crippen molar-refractivity contribution in [2.24, 2.45) is 5.73 Å². The zero-order chi connectivity index (χ0) is 15.2. The second kappa shape index (κ2) is 6.44. The number of amides is 1. The highest BCUT2D eigenvalue weighted by atomic mass is 16.5. The molecule has 0 atom stereocenters. The molecule has 0 aliphatic carbocycles. The Morgan fingerprint density at radius 1 is 1.24 bits per heavy atom. The van der Waals surface area contributed by atoms with Gasteiger partial charge in [0.1, 0.15) is 24.2 Å². The van der Waals surface area contributed by atoms with Gasteiger partial charge in [-0.2, -0.15) is 5.26 Å². The van der Waals surface area contributed by atoms with E-state index in [4.69, 9.17) is 20.5 Å². The molecule has 0 aliphatic rings. The van der Waals surface area contributed by atoms with Gasteiger partial charge in [0.25, 0.3) is 0 Å². The first kappa shape index (κ1) is 14.4. The number of hydrogen-bond acceptors (Lipinski definition) is 4. The van der Waals surface area contributed by atoms with Crippen LogP contribution in [0.15, 0.2) is 42.5 Å². The van der Waals surface area contributed by atoms with Gasteiger partial charge in [0.2, 0.25) is 5.91 Å². The van der Waals surface area contributed by atoms with Crippen molar-refractivity contribution in [1.82, 2.24) is 0 Å². The van der Waals surface area contributed by atoms with E-state index in [0.717, 1.165) is 5.56 Å². The fourth-order valence-corrected chi connectivity index (χ4v) is 1.80. The quantitative estimate of drug-likeness (QED) is 0.911. The molecule has 2 aromatic rings. The van der Waals surface area contributed by atoms with Crippen molar-refractivity contribution in [3.8, 4) is 17.6 Å². The molecule has 0 bridgehead atoms. The molecule has 0 saturated carbocycles. The Morgan fingerprint density at radius 3 is 2.52 bits per heavy atom. The van der Waals surface area contributed by atoms with Crippen LogP contribution >= 0.6 is 0 Å². The van der Waals surface area contributed by atoms with Crippen LogP contribution in [-0.2, 0) is 6.61 Å². The molecule has 106 valence electrons. The summed E-state index contributed by atoms with van der Waals surface area (Å²) in [6.07, 6.45) is 0. The van der Waals surface area contributed by atoms with E-state index in [1.807, 2.05) is 0 Å². The normalized spacial score (nSPS) is 9.71. The Hall–Kier alpha value is -3.00. The van der Waals surface area contributed by atoms with Gasteiger partial charge in [-0.3, -0.25) is 4.79 Å². The number of methoxy groups -OCH3 is 1. The molecule has 0 radical (unpaired) electrons. The molecule has 5 heteroatoms. The van der Waals surface area contributed by atoms with Gasteiger partial charge < -0.3 is 15.2 Å². The lowest BCUT2D eigenvalue weighted by Gasteiger charge is -2.09. The van der Waals surface area contributed by atoms with Crippen LogP contribution in [0.3, 0.4) is 0 Å². The van der Waals surface area contributed by atoms with Crippen molar-refractivity contribution < 1.29 is 14.3 Å². The SMILES string of the molecule is COc1cc(COc2ccc(C(N)=O)cc2)ccc1C#N. The number of hydrogen-bond donors (Lipinski definition) is 1. The number of primary amides is 1. The average molecular weight is 282 g/mol. The number of nitriles is 1. The maximum absolute atomic E-state index is 11.0. The Labute approximate surface area is 122 Å². The number of benzene rings is 2. The molecular weight excluding hydrogens is 268 g/mol. The van der Waals surface area contributed by atoms with Crippen molar-refractivity contribution in [3.05, 3.63) is 59.2 Å². The largest absolute Gasteiger partial charge is 0.495 e. The fraction of sp³-hybridized carbons (Fsp3) is 0.125. The highest BCUT2D eigenvalue weighted by Crippen LogP contribution is 2.21. The smallest absolute Gasteiger partial charge is 0.248 e. The Morgan fingerprint density at radius 2 is 1.95 bits per heavy atom. The Kier molecular flexibility index (Phi) is 4.42. The third kappa shape index (κ3) is 3.51. The zero-order valence-corrected chi connectivity index (χ0v) is 11.5. The molecule has 0 unspecified atom stereocenters. The molecule has 0 heterocycles. The standard InChI is InChI=1S/C16H14N2O3/c1-20-15-8-11(2-3-13(15)9-17)10-21-14-6-4-12(5-7-14)16(18)19/h2-8H,10H2,1H3,(H2,18,19). The third-order valence-electron chi connectivity index (χ3n) is 2.93. The molecule has 1 amide bonds. The first-order valence-corrected chi connectivity index (χ1v) is 6.23. The monoisotopic (exact) mass is 282 g/mol. The number of carbonyl (C=O) groups excluding carboxylic acids is 1. The maximum atomic E-state index is 11.0. The maximum Gasteiger partial charge on any atom is 0.248 e. The van der Waals surface area contributed by atoms with Gasteiger partial charge in [-0.05, 0) is 42.0 Å². The minimum absolute atomic E-state index is 0.331. The Bertz CT molecular complexity index is 688. The average Bonchev–Trinajstić information content (AvgIpc) is 2.52. The van der Waals surface area contributed by atoms with Crippen molar-refractivity contribution in [2.75, 3.05) is 7.11 Å². The minimum Gasteiger partial charge on any atom is -0.495 e. The van der Waals surface area contributed by atoms with Crippen LogP contribution < -0.4 is 15.2 Å². The van der Waals surface area contributed by atoms with E-state index in [1.54, 1.807) is 42.5 Å². The van der Waals surface area contributed by atoms with E-state index in [-0.39, 0.29) is 0 Å². The zero-order valence-electron chi connectivity index (χ0n) is 11.5. The first-order chi connectivity index (χ1) is 10.1. The number of nitrogens with two attached hydrogens (primary N) is 1. The summed E-state index contributed by atoms with van der Waals surface area (Å²) in [5.41, 5.74) is 6.96. The molecule has 0 fully saturated rings. The van der Waals surface area contributed by atoms with Gasteiger partial charge in [-0.25, -0.2) is 0 Å². The molecule has 0 aromatic heterocycles. The van der Waals surface area contributed by atoms with Crippen LogP contribution in [0.5, 0.6) is 11.5 Å². The number of carbonyl (C=O) groups is 1. The van der Waals surface area contributed by atoms with Crippen LogP contribution in [0.25, 0.3) is 0 Å². The number of rotatable bonds is 5. The van der Waals surface area contributed by atoms with Gasteiger partial charge in [0.05, 0.1) is 12.7 Å². The van der Waals surface area contributed by atoms with Crippen LogP contribution in [0.4, 0.5) is 0 Å². The summed E-state index contributed by atoms with van der Waals surface area (Å²) in [5.74, 6) is 0.671. The van der Waals surface area contributed by atoms with E-state index in [9.17, 15) is 4.79 Å². The third-order valence-corrected chi connectivity index (χ3v) is 2.93. The lowest BCUT2D eigenvalue weighted by molar-refractivity contribution is 0.1000. The lowest BCUT2D eigenvalue weighted by Crippen LogP contribution is -2.10. The second-order valence-corrected chi connectivity index (χ2v) is 4.32. The number of ether oxygens (including phenoxy) is 2. The van der Waals surface area contributed by atoms with Crippen LogP contribution in [-0.4, -0.2) is 13.0 Å². The molecule has 21 heavy (non-hydrogen) atoms. The summed E-state index contributed by atoms with van der Waals surface area (Å²) in [6, 6.07) is 13.9. The van der Waals surface area contributed by atoms with Gasteiger partial charge in [-0.1, -0.05) is 6.07 Å². The van der Waals surface area contributed by atoms with Crippen LogP contribution in [0.1, 0.15) is 21.5 Å². The van der Waals surface area contributed by atoms with Crippen LogP contribution in [0.2, 0.25) is 0 Å². The van der Waals surface area contributed by atoms with Crippen molar-refractivity contribution in [2.45, 2.75) is 6.61 Å². The van der Waals surface area contributed by atoms with E-state index in [2.05, 4.69) is 6.07 Å². The van der Waals surface area contributed by atoms with Crippen molar-refractivity contribution >= 4 is 5.91 Å². The molecule has 0 spiro atoms. The van der Waals surface area contributed by atoms with Gasteiger partial charge in [0, 0.05) is 5.56 Å². The fourth-order valence-electron chi connectivity index (χ4n) is 1.80. The predicted molar refractivity (Wildman–Crippen MR) is 77.0 cm³/mol. The molecule has 2 N–H and O–H groups in total. The molecule has 2 aromatic carbocycles. The summed E-state index contributed by atoms with van der Waals surface area (Å²) in [6.45, 7) is 0.331. The first-order valence-electron chi connectivity index (χ1n) is 6.23. The molecule has 0 saturated heterocycles. The molecular formula is C16H14N2O3. The van der Waals surface area contributed by atoms with Gasteiger partial charge in [0.15, 0.2) is 0 Å². The highest BCUT2D eigenvalue weighted by Gasteiger charge is 2.05. The van der Waals surface area contributed by atoms with E-state index >= 15 is 0 Å². The Balaban J connectivity index is 2.06. The summed E-state index contributed by atoms with van der Waals surface area (Å²) in [4.78, 5) is 11.0. The lowest BCUT2D eigenvalue weighted by atomic mass is 10.1. The van der Waals surface area contributed by atoms with E-state index in [1.165, 1.54) is 7.11 Å².